The molecule has 0 heterocycles. The zero-order chi connectivity index (χ0) is 13.3. The van der Waals surface area contributed by atoms with Gasteiger partial charge in [-0.25, -0.2) is 17.9 Å². The first kappa shape index (κ1) is 13.7. The van der Waals surface area contributed by atoms with E-state index >= 15 is 0 Å². The molecule has 5 nitrogen and oxygen atoms in total. The second-order valence-electron chi connectivity index (χ2n) is 4.29. The lowest BCUT2D eigenvalue weighted by Crippen LogP contribution is -2.22. The van der Waals surface area contributed by atoms with Gasteiger partial charge in [-0.05, 0) is 19.9 Å². The summed E-state index contributed by atoms with van der Waals surface area (Å²) in [7, 11) is -3.86. The van der Waals surface area contributed by atoms with Crippen molar-refractivity contribution in [2.75, 3.05) is 12.3 Å². The number of primary sulfonamides is 1. The summed E-state index contributed by atoms with van der Waals surface area (Å²) in [5.41, 5.74) is 4.16. The highest BCUT2D eigenvalue weighted by Crippen LogP contribution is 2.22. The molecule has 0 saturated carbocycles. The van der Waals surface area contributed by atoms with Crippen molar-refractivity contribution in [3.8, 4) is 5.75 Å². The summed E-state index contributed by atoms with van der Waals surface area (Å²) in [5.74, 6) is 0.166. The lowest BCUT2D eigenvalue weighted by molar-refractivity contribution is 0.120. The number of rotatable bonds is 4. The molecule has 0 aliphatic carbocycles. The van der Waals surface area contributed by atoms with Gasteiger partial charge in [-0.3, -0.25) is 0 Å². The number of ether oxygens (including phenoxy) is 1. The Kier molecular flexibility index (Phi) is 3.63. The highest BCUT2D eigenvalue weighted by Gasteiger charge is 2.17. The Balaban J connectivity index is 2.99. The molecule has 0 unspecified atom stereocenters. The van der Waals surface area contributed by atoms with Crippen molar-refractivity contribution in [1.82, 2.24) is 0 Å². The fourth-order valence-electron chi connectivity index (χ4n) is 1.10. The number of halogens is 1. The first-order chi connectivity index (χ1) is 7.58. The molecule has 7 heteroatoms. The van der Waals surface area contributed by atoms with Gasteiger partial charge in [-0.15, -0.1) is 0 Å². The van der Waals surface area contributed by atoms with Gasteiger partial charge in [0.15, 0.2) is 0 Å². The molecule has 0 atom stereocenters. The molecular weight excluding hydrogens is 247 g/mol. The number of hydrogen-bond donors (Lipinski definition) is 2. The van der Waals surface area contributed by atoms with Gasteiger partial charge in [0, 0.05) is 17.8 Å². The minimum absolute atomic E-state index is 0.163. The second-order valence-corrected chi connectivity index (χ2v) is 5.85. The van der Waals surface area contributed by atoms with Gasteiger partial charge in [0.25, 0.3) is 0 Å². The molecule has 0 aliphatic rings. The Morgan fingerprint density at radius 2 is 1.94 bits per heavy atom. The maximum atomic E-state index is 13.2. The lowest BCUT2D eigenvalue weighted by atomic mass is 10.2. The molecule has 0 aromatic heterocycles. The third kappa shape index (κ3) is 4.58. The number of sulfonamides is 1. The summed E-state index contributed by atoms with van der Waals surface area (Å²) in [5, 5.41) is 4.96. The van der Waals surface area contributed by atoms with E-state index in [1.54, 1.807) is 0 Å². The van der Waals surface area contributed by atoms with Gasteiger partial charge in [-0.1, -0.05) is 0 Å². The maximum absolute atomic E-state index is 13.2. The summed E-state index contributed by atoms with van der Waals surface area (Å²) in [6, 6.07) is 3.82. The van der Waals surface area contributed by atoms with E-state index in [1.807, 2.05) is 0 Å². The molecule has 0 amide bonds. The smallest absolute Gasteiger partial charge is 0.238 e. The summed E-state index contributed by atoms with van der Waals surface area (Å²) in [6.07, 6.45) is 0. The van der Waals surface area contributed by atoms with Crippen LogP contribution in [0.25, 0.3) is 0 Å². The van der Waals surface area contributed by atoms with Crippen molar-refractivity contribution in [1.29, 1.82) is 0 Å². The van der Waals surface area contributed by atoms with Crippen LogP contribution >= 0.6 is 0 Å². The molecule has 0 fully saturated rings. The zero-order valence-corrected chi connectivity index (χ0v) is 10.4. The minimum Gasteiger partial charge on any atom is -0.490 e. The van der Waals surface area contributed by atoms with Gasteiger partial charge >= 0.3 is 0 Å². The Morgan fingerprint density at radius 1 is 1.35 bits per heavy atom. The van der Waals surface area contributed by atoms with Crippen LogP contribution in [-0.4, -0.2) is 20.7 Å². The predicted octanol–water partition coefficient (Wildman–Crippen LogP) is 1.04. The molecule has 0 spiro atoms. The van der Waals surface area contributed by atoms with Gasteiger partial charge in [-0.2, -0.15) is 0 Å². The monoisotopic (exact) mass is 262 g/mol. The molecule has 96 valence electrons. The zero-order valence-electron chi connectivity index (χ0n) is 9.60. The van der Waals surface area contributed by atoms with Crippen molar-refractivity contribution in [3.63, 3.8) is 0 Å². The van der Waals surface area contributed by atoms with E-state index in [2.05, 4.69) is 0 Å². The third-order valence-corrected chi connectivity index (χ3v) is 2.71. The lowest BCUT2D eigenvalue weighted by Gasteiger charge is -2.15. The van der Waals surface area contributed by atoms with Crippen LogP contribution < -0.4 is 15.6 Å². The molecule has 17 heavy (non-hydrogen) atoms. The topological polar surface area (TPSA) is 95.4 Å². The molecule has 1 rings (SSSR count). The molecule has 0 radical (unpaired) electrons. The molecule has 1 aromatic carbocycles. The fraction of sp³-hybridized carbons (Fsp3) is 0.400. The van der Waals surface area contributed by atoms with Crippen LogP contribution in [0.2, 0.25) is 0 Å². The van der Waals surface area contributed by atoms with E-state index < -0.39 is 15.7 Å². The molecule has 1 aromatic rings. The molecule has 4 N–H and O–H groups in total. The summed E-state index contributed by atoms with van der Waals surface area (Å²) >= 11 is 0. The third-order valence-electron chi connectivity index (χ3n) is 1.81. The number of nitrogen functional groups attached to an aromatic ring is 1. The van der Waals surface area contributed by atoms with E-state index in [0.29, 0.717) is 0 Å². The average Bonchev–Trinajstić information content (AvgIpc) is 2.11. The predicted molar refractivity (Wildman–Crippen MR) is 62.9 cm³/mol. The van der Waals surface area contributed by atoms with Crippen LogP contribution in [0.1, 0.15) is 13.8 Å². The number of alkyl halides is 1. The maximum Gasteiger partial charge on any atom is 0.238 e. The highest BCUT2D eigenvalue weighted by atomic mass is 32.2. The number of anilines is 1. The van der Waals surface area contributed by atoms with E-state index in [0.717, 1.165) is 0 Å². The van der Waals surface area contributed by atoms with E-state index in [9.17, 15) is 12.8 Å². The highest BCUT2D eigenvalue weighted by molar-refractivity contribution is 7.89. The Bertz CT molecular complexity index is 509. The first-order valence-corrected chi connectivity index (χ1v) is 6.38. The molecule has 0 bridgehead atoms. The first-order valence-electron chi connectivity index (χ1n) is 4.83. The fourth-order valence-corrected chi connectivity index (χ4v) is 1.68. The number of hydrogen-bond acceptors (Lipinski definition) is 4. The standard InChI is InChI=1S/C10H15FN2O3S/c1-10(2,11)6-16-8-3-7(12)4-9(5-8)17(13,14)15/h3-5H,6,12H2,1-2H3,(H2,13,14,15). The average molecular weight is 262 g/mol. The van der Waals surface area contributed by atoms with E-state index in [4.69, 9.17) is 15.6 Å². The van der Waals surface area contributed by atoms with Crippen LogP contribution in [0, 0.1) is 0 Å². The van der Waals surface area contributed by atoms with Crippen LogP contribution in [0.3, 0.4) is 0 Å². The minimum atomic E-state index is -3.86. The second kappa shape index (κ2) is 4.50. The van der Waals surface area contributed by atoms with Gasteiger partial charge < -0.3 is 10.5 Å². The van der Waals surface area contributed by atoms with Crippen molar-refractivity contribution in [2.45, 2.75) is 24.4 Å². The van der Waals surface area contributed by atoms with Crippen molar-refractivity contribution >= 4 is 15.7 Å². The van der Waals surface area contributed by atoms with Crippen molar-refractivity contribution in [3.05, 3.63) is 18.2 Å². The molecule has 0 saturated heterocycles. The molecule has 0 aliphatic heterocycles. The Labute approximate surface area is 99.6 Å². The van der Waals surface area contributed by atoms with Crippen molar-refractivity contribution in [2.24, 2.45) is 5.14 Å². The van der Waals surface area contributed by atoms with Crippen LogP contribution in [0.5, 0.6) is 5.75 Å². The van der Waals surface area contributed by atoms with Gasteiger partial charge in [0.05, 0.1) is 4.90 Å². The van der Waals surface area contributed by atoms with Gasteiger partial charge in [0.1, 0.15) is 18.0 Å². The normalized spacial score (nSPS) is 12.5. The SMILES string of the molecule is CC(C)(F)COc1cc(N)cc(S(N)(=O)=O)c1. The van der Waals surface area contributed by atoms with Gasteiger partial charge in [0.2, 0.25) is 10.0 Å². The van der Waals surface area contributed by atoms with Crippen LogP contribution in [0.15, 0.2) is 23.1 Å². The molecular formula is C10H15FN2O3S. The Hall–Kier alpha value is -1.34. The van der Waals surface area contributed by atoms with E-state index in [1.165, 1.54) is 32.0 Å². The number of benzene rings is 1. The quantitative estimate of drug-likeness (QED) is 0.792. The van der Waals surface area contributed by atoms with Crippen LogP contribution in [0.4, 0.5) is 10.1 Å². The largest absolute Gasteiger partial charge is 0.490 e. The van der Waals surface area contributed by atoms with E-state index in [-0.39, 0.29) is 22.9 Å². The van der Waals surface area contributed by atoms with Crippen molar-refractivity contribution < 1.29 is 17.5 Å². The summed E-state index contributed by atoms with van der Waals surface area (Å²) in [4.78, 5) is -0.163. The summed E-state index contributed by atoms with van der Waals surface area (Å²) in [6.45, 7) is 2.49. The Morgan fingerprint density at radius 3 is 2.41 bits per heavy atom. The summed E-state index contributed by atoms with van der Waals surface area (Å²) < 4.78 is 40.6. The van der Waals surface area contributed by atoms with Crippen LogP contribution in [-0.2, 0) is 10.0 Å². The number of nitrogens with two attached hydrogens (primary N) is 2.